The van der Waals surface area contributed by atoms with E-state index in [0.29, 0.717) is 17.7 Å². The van der Waals surface area contributed by atoms with Crippen LogP contribution in [-0.2, 0) is 0 Å². The third-order valence-electron chi connectivity index (χ3n) is 3.78. The Kier molecular flexibility index (Phi) is 4.74. The number of carboxylic acids is 1. The number of nitrogens with two attached hydrogens (primary N) is 1. The maximum Gasteiger partial charge on any atom is 0.335 e. The summed E-state index contributed by atoms with van der Waals surface area (Å²) in [6, 6.07) is 6.98. The minimum atomic E-state index is -0.957. The van der Waals surface area contributed by atoms with Crippen LogP contribution in [0.5, 0.6) is 0 Å². The zero-order valence-corrected chi connectivity index (χ0v) is 13.8. The van der Waals surface area contributed by atoms with E-state index in [-0.39, 0.29) is 5.56 Å². The van der Waals surface area contributed by atoms with E-state index in [4.69, 9.17) is 10.8 Å². The molecule has 1 fully saturated rings. The number of carbonyl (C=O) groups is 1. The second-order valence-electron chi connectivity index (χ2n) is 5.86. The number of aromatic carboxylic acids is 1. The number of aryl methyl sites for hydroxylation is 1. The summed E-state index contributed by atoms with van der Waals surface area (Å²) >= 11 is 0. The first-order valence-electron chi connectivity index (χ1n) is 7.96. The molecule has 1 aromatic heterocycles. The molecule has 128 valence electrons. The lowest BCUT2D eigenvalue weighted by atomic mass is 10.1. The smallest absolute Gasteiger partial charge is 0.335 e. The fourth-order valence-corrected chi connectivity index (χ4v) is 2.22. The summed E-state index contributed by atoms with van der Waals surface area (Å²) in [5.74, 6) is -0.553. The predicted molar refractivity (Wildman–Crippen MR) is 96.6 cm³/mol. The van der Waals surface area contributed by atoms with Crippen molar-refractivity contribution in [2.75, 3.05) is 5.32 Å². The van der Waals surface area contributed by atoms with Crippen LogP contribution in [0.4, 0.5) is 5.95 Å². The summed E-state index contributed by atoms with van der Waals surface area (Å²) in [5, 5.41) is 12.0. The van der Waals surface area contributed by atoms with Crippen molar-refractivity contribution in [1.29, 1.82) is 0 Å². The van der Waals surface area contributed by atoms with Crippen LogP contribution in [-0.4, -0.2) is 33.3 Å². The Morgan fingerprint density at radius 2 is 2.08 bits per heavy atom. The van der Waals surface area contributed by atoms with Crippen LogP contribution in [0.25, 0.3) is 11.3 Å². The molecule has 2 aromatic rings. The van der Waals surface area contributed by atoms with Crippen LogP contribution < -0.4 is 11.1 Å². The van der Waals surface area contributed by atoms with Crippen molar-refractivity contribution >= 4 is 18.1 Å². The molecule has 7 nitrogen and oxygen atoms in total. The molecule has 0 radical (unpaired) electrons. The van der Waals surface area contributed by atoms with Crippen LogP contribution in [0.1, 0.15) is 28.8 Å². The van der Waals surface area contributed by atoms with Gasteiger partial charge in [-0.1, -0.05) is 12.1 Å². The van der Waals surface area contributed by atoms with E-state index in [1.54, 1.807) is 36.7 Å². The minimum absolute atomic E-state index is 0.235. The molecule has 7 heteroatoms. The molecule has 0 spiro atoms. The quantitative estimate of drug-likeness (QED) is 0.698. The van der Waals surface area contributed by atoms with Crippen molar-refractivity contribution in [1.82, 2.24) is 9.97 Å². The van der Waals surface area contributed by atoms with Crippen LogP contribution in [0, 0.1) is 6.92 Å². The highest BCUT2D eigenvalue weighted by Crippen LogP contribution is 2.24. The van der Waals surface area contributed by atoms with Gasteiger partial charge in [0.25, 0.3) is 0 Å². The molecule has 0 saturated heterocycles. The van der Waals surface area contributed by atoms with E-state index in [2.05, 4.69) is 20.3 Å². The Labute approximate surface area is 145 Å². The summed E-state index contributed by atoms with van der Waals surface area (Å²) in [7, 11) is 0. The first-order valence-corrected chi connectivity index (χ1v) is 7.96. The molecule has 3 rings (SSSR count). The molecule has 1 aliphatic carbocycles. The Bertz CT molecular complexity index is 839. The average Bonchev–Trinajstić information content (AvgIpc) is 3.44. The van der Waals surface area contributed by atoms with Crippen LogP contribution in [0.15, 0.2) is 47.4 Å². The van der Waals surface area contributed by atoms with Crippen LogP contribution >= 0.6 is 0 Å². The number of rotatable bonds is 6. The standard InChI is InChI=1S/C18H19N5O2/c1-11-9-21-18(22-15(8-19)10-20-14-6-7-14)23-16(11)12-2-4-13(5-3-12)17(24)25/h2-5,8-10,14H,6-7,19H2,1H3,(H,24,25)(H,21,22,23)/b15-8+,20-10?. The number of nitrogens with zero attached hydrogens (tertiary/aromatic N) is 3. The molecule has 0 atom stereocenters. The average molecular weight is 337 g/mol. The van der Waals surface area contributed by atoms with E-state index in [1.165, 1.54) is 6.20 Å². The van der Waals surface area contributed by atoms with Crippen molar-refractivity contribution in [3.63, 3.8) is 0 Å². The normalized spacial score (nSPS) is 14.7. The molecule has 1 aromatic carbocycles. The third kappa shape index (κ3) is 4.20. The largest absolute Gasteiger partial charge is 0.478 e. The van der Waals surface area contributed by atoms with Gasteiger partial charge in [0.05, 0.1) is 23.0 Å². The van der Waals surface area contributed by atoms with Crippen molar-refractivity contribution in [3.05, 3.63) is 53.5 Å². The zero-order chi connectivity index (χ0) is 17.8. The third-order valence-corrected chi connectivity index (χ3v) is 3.78. The molecular weight excluding hydrogens is 318 g/mol. The number of anilines is 1. The summed E-state index contributed by atoms with van der Waals surface area (Å²) in [5.41, 5.74) is 8.92. The topological polar surface area (TPSA) is 113 Å². The lowest BCUT2D eigenvalue weighted by molar-refractivity contribution is 0.0697. The Morgan fingerprint density at radius 1 is 1.36 bits per heavy atom. The zero-order valence-electron chi connectivity index (χ0n) is 13.8. The predicted octanol–water partition coefficient (Wildman–Crippen LogP) is 2.60. The number of benzene rings is 1. The lowest BCUT2D eigenvalue weighted by Gasteiger charge is -2.09. The molecule has 0 amide bonds. The van der Waals surface area contributed by atoms with Gasteiger partial charge in [-0.2, -0.15) is 0 Å². The van der Waals surface area contributed by atoms with Gasteiger partial charge in [-0.05, 0) is 37.5 Å². The monoisotopic (exact) mass is 337 g/mol. The van der Waals surface area contributed by atoms with E-state index in [0.717, 1.165) is 29.7 Å². The lowest BCUT2D eigenvalue weighted by Crippen LogP contribution is -2.08. The Balaban J connectivity index is 1.83. The summed E-state index contributed by atoms with van der Waals surface area (Å²) in [4.78, 5) is 24.1. The van der Waals surface area contributed by atoms with Gasteiger partial charge in [0.2, 0.25) is 5.95 Å². The summed E-state index contributed by atoms with van der Waals surface area (Å²) < 4.78 is 0. The highest BCUT2D eigenvalue weighted by Gasteiger charge is 2.19. The number of allylic oxidation sites excluding steroid dienone is 1. The SMILES string of the molecule is Cc1cnc(N/C(C=NC2CC2)=C/N)nc1-c1ccc(C(=O)O)cc1. The molecule has 0 unspecified atom stereocenters. The molecule has 1 saturated carbocycles. The first kappa shape index (κ1) is 16.6. The number of nitrogens with one attached hydrogen (secondary N) is 1. The number of carboxylic acid groups (broad SMARTS) is 1. The molecular formula is C18H19N5O2. The van der Waals surface area contributed by atoms with Crippen molar-refractivity contribution < 1.29 is 9.90 Å². The van der Waals surface area contributed by atoms with Gasteiger partial charge >= 0.3 is 5.97 Å². The highest BCUT2D eigenvalue weighted by molar-refractivity contribution is 5.88. The Morgan fingerprint density at radius 3 is 2.68 bits per heavy atom. The van der Waals surface area contributed by atoms with Crippen molar-refractivity contribution in [2.24, 2.45) is 10.7 Å². The van der Waals surface area contributed by atoms with Crippen LogP contribution in [0.2, 0.25) is 0 Å². The second kappa shape index (κ2) is 7.12. The first-order chi connectivity index (χ1) is 12.1. The highest BCUT2D eigenvalue weighted by atomic mass is 16.4. The van der Waals surface area contributed by atoms with Gasteiger partial charge in [0, 0.05) is 24.2 Å². The molecule has 25 heavy (non-hydrogen) atoms. The number of aliphatic imine (C=N–C) groups is 1. The number of aromatic nitrogens is 2. The van der Waals surface area contributed by atoms with E-state index < -0.39 is 5.97 Å². The maximum atomic E-state index is 11.0. The van der Waals surface area contributed by atoms with Crippen LogP contribution in [0.3, 0.4) is 0 Å². The van der Waals surface area contributed by atoms with Gasteiger partial charge in [-0.3, -0.25) is 4.99 Å². The summed E-state index contributed by atoms with van der Waals surface area (Å²) in [6.45, 7) is 1.90. The molecule has 1 aliphatic rings. The van der Waals surface area contributed by atoms with Gasteiger partial charge in [0.1, 0.15) is 0 Å². The maximum absolute atomic E-state index is 11.0. The fraction of sp³-hybridized carbons (Fsp3) is 0.222. The summed E-state index contributed by atoms with van der Waals surface area (Å²) in [6.07, 6.45) is 7.07. The molecule has 4 N–H and O–H groups in total. The number of hydrogen-bond acceptors (Lipinski definition) is 6. The second-order valence-corrected chi connectivity index (χ2v) is 5.86. The van der Waals surface area contributed by atoms with Gasteiger partial charge < -0.3 is 16.2 Å². The fourth-order valence-electron chi connectivity index (χ4n) is 2.22. The van der Waals surface area contributed by atoms with Crippen molar-refractivity contribution in [3.8, 4) is 11.3 Å². The number of hydrogen-bond donors (Lipinski definition) is 3. The van der Waals surface area contributed by atoms with Gasteiger partial charge in [-0.25, -0.2) is 14.8 Å². The van der Waals surface area contributed by atoms with E-state index in [1.807, 2.05) is 6.92 Å². The van der Waals surface area contributed by atoms with Gasteiger partial charge in [-0.15, -0.1) is 0 Å². The molecule has 0 aliphatic heterocycles. The van der Waals surface area contributed by atoms with E-state index in [9.17, 15) is 4.79 Å². The van der Waals surface area contributed by atoms with E-state index >= 15 is 0 Å². The van der Waals surface area contributed by atoms with Gasteiger partial charge in [0.15, 0.2) is 0 Å². The molecule has 0 bridgehead atoms. The molecule has 1 heterocycles. The Hall–Kier alpha value is -3.22. The minimum Gasteiger partial charge on any atom is -0.478 e. The van der Waals surface area contributed by atoms with Crippen molar-refractivity contribution in [2.45, 2.75) is 25.8 Å².